The Morgan fingerprint density at radius 1 is 0.923 bits per heavy atom. The van der Waals surface area contributed by atoms with Gasteiger partial charge >= 0.3 is 0 Å². The van der Waals surface area contributed by atoms with Gasteiger partial charge in [0.25, 0.3) is 0 Å². The molecule has 26 heavy (non-hydrogen) atoms. The second kappa shape index (κ2) is 8.76. The summed E-state index contributed by atoms with van der Waals surface area (Å²) in [4.78, 5) is 0. The first-order valence-electron chi connectivity index (χ1n) is 7.86. The van der Waals surface area contributed by atoms with Gasteiger partial charge in [-0.05, 0) is 69.5 Å². The van der Waals surface area contributed by atoms with Crippen LogP contribution >= 0.6 is 39.1 Å². The highest BCUT2D eigenvalue weighted by Crippen LogP contribution is 2.28. The fourth-order valence-electron chi connectivity index (χ4n) is 2.37. The Morgan fingerprint density at radius 3 is 2.50 bits per heavy atom. The zero-order chi connectivity index (χ0) is 18.5. The predicted molar refractivity (Wildman–Crippen MR) is 109 cm³/mol. The summed E-state index contributed by atoms with van der Waals surface area (Å²) in [6.45, 7) is 0.929. The predicted octanol–water partition coefficient (Wildman–Crippen LogP) is 7.09. The third-order valence-corrected chi connectivity index (χ3v) is 5.05. The van der Waals surface area contributed by atoms with Crippen molar-refractivity contribution < 1.29 is 9.13 Å². The molecule has 3 rings (SSSR count). The van der Waals surface area contributed by atoms with Crippen molar-refractivity contribution in [2.45, 2.75) is 13.2 Å². The van der Waals surface area contributed by atoms with E-state index in [1.54, 1.807) is 18.2 Å². The molecule has 0 radical (unpaired) electrons. The smallest absolute Gasteiger partial charge is 0.134 e. The van der Waals surface area contributed by atoms with E-state index in [0.29, 0.717) is 28.9 Å². The number of hydrogen-bond acceptors (Lipinski definition) is 2. The molecule has 0 fully saturated rings. The van der Waals surface area contributed by atoms with E-state index in [9.17, 15) is 4.39 Å². The second-order valence-electron chi connectivity index (χ2n) is 5.67. The summed E-state index contributed by atoms with van der Waals surface area (Å²) in [7, 11) is 0. The minimum atomic E-state index is -0.270. The van der Waals surface area contributed by atoms with E-state index >= 15 is 0 Å². The van der Waals surface area contributed by atoms with E-state index in [0.717, 1.165) is 21.3 Å². The van der Waals surface area contributed by atoms with Crippen LogP contribution in [0.5, 0.6) is 5.75 Å². The van der Waals surface area contributed by atoms with Gasteiger partial charge in [-0.25, -0.2) is 4.39 Å². The van der Waals surface area contributed by atoms with Crippen molar-refractivity contribution in [2.75, 3.05) is 5.32 Å². The number of ether oxygens (including phenoxy) is 1. The van der Waals surface area contributed by atoms with Crippen molar-refractivity contribution >= 4 is 44.8 Å². The van der Waals surface area contributed by atoms with Gasteiger partial charge in [-0.2, -0.15) is 0 Å². The third-order valence-electron chi connectivity index (χ3n) is 3.70. The molecule has 0 aliphatic carbocycles. The standard InChI is InChI=1S/C20H15BrCl2FNO/c21-17-9-13(11-25-16-5-6-18(22)19(23)10-16)4-7-20(17)26-12-14-2-1-3-15(24)8-14/h1-10,25H,11-12H2. The minimum absolute atomic E-state index is 0.270. The van der Waals surface area contributed by atoms with Crippen LogP contribution in [0.2, 0.25) is 10.0 Å². The van der Waals surface area contributed by atoms with Crippen molar-refractivity contribution in [3.05, 3.63) is 92.1 Å². The molecule has 0 aliphatic rings. The Morgan fingerprint density at radius 2 is 1.77 bits per heavy atom. The van der Waals surface area contributed by atoms with Crippen LogP contribution in [0.3, 0.4) is 0 Å². The van der Waals surface area contributed by atoms with E-state index in [1.165, 1.54) is 12.1 Å². The first-order valence-corrected chi connectivity index (χ1v) is 9.41. The summed E-state index contributed by atoms with van der Waals surface area (Å²) in [6, 6.07) is 17.6. The van der Waals surface area contributed by atoms with Crippen LogP contribution < -0.4 is 10.1 Å². The number of halogens is 4. The second-order valence-corrected chi connectivity index (χ2v) is 7.33. The first-order chi connectivity index (χ1) is 12.5. The van der Waals surface area contributed by atoms with Gasteiger partial charge in [0, 0.05) is 12.2 Å². The van der Waals surface area contributed by atoms with Crippen LogP contribution in [0, 0.1) is 5.82 Å². The van der Waals surface area contributed by atoms with E-state index in [2.05, 4.69) is 21.2 Å². The Balaban J connectivity index is 1.60. The molecule has 0 aromatic heterocycles. The van der Waals surface area contributed by atoms with Gasteiger partial charge in [0.1, 0.15) is 18.2 Å². The molecule has 0 unspecified atom stereocenters. The Bertz CT molecular complexity index is 920. The molecule has 3 aromatic rings. The number of rotatable bonds is 6. The highest BCUT2D eigenvalue weighted by atomic mass is 79.9. The summed E-state index contributed by atoms with van der Waals surface area (Å²) in [6.07, 6.45) is 0. The van der Waals surface area contributed by atoms with Crippen LogP contribution in [0.4, 0.5) is 10.1 Å². The van der Waals surface area contributed by atoms with Gasteiger partial charge in [0.15, 0.2) is 0 Å². The molecule has 6 heteroatoms. The van der Waals surface area contributed by atoms with Gasteiger partial charge in [0.05, 0.1) is 14.5 Å². The van der Waals surface area contributed by atoms with Crippen molar-refractivity contribution in [3.63, 3.8) is 0 Å². The molecule has 0 saturated heterocycles. The molecule has 0 heterocycles. The molecule has 0 saturated carbocycles. The monoisotopic (exact) mass is 453 g/mol. The van der Waals surface area contributed by atoms with E-state index in [4.69, 9.17) is 27.9 Å². The van der Waals surface area contributed by atoms with Crippen molar-refractivity contribution in [3.8, 4) is 5.75 Å². The summed E-state index contributed by atoms with van der Waals surface area (Å²) in [5, 5.41) is 4.33. The average molecular weight is 455 g/mol. The highest BCUT2D eigenvalue weighted by Gasteiger charge is 2.05. The van der Waals surface area contributed by atoms with Crippen LogP contribution in [-0.4, -0.2) is 0 Å². The van der Waals surface area contributed by atoms with Gasteiger partial charge in [0.2, 0.25) is 0 Å². The zero-order valence-corrected chi connectivity index (χ0v) is 16.7. The lowest BCUT2D eigenvalue weighted by Crippen LogP contribution is -2.01. The molecule has 0 bridgehead atoms. The number of hydrogen-bond donors (Lipinski definition) is 1. The molecule has 3 aromatic carbocycles. The molecular weight excluding hydrogens is 440 g/mol. The lowest BCUT2D eigenvalue weighted by atomic mass is 10.2. The summed E-state index contributed by atoms with van der Waals surface area (Å²) in [5.41, 5.74) is 2.74. The molecule has 0 spiro atoms. The maximum Gasteiger partial charge on any atom is 0.134 e. The number of benzene rings is 3. The zero-order valence-electron chi connectivity index (χ0n) is 13.6. The molecular formula is C20H15BrCl2FNO. The van der Waals surface area contributed by atoms with Crippen molar-refractivity contribution in [2.24, 2.45) is 0 Å². The van der Waals surface area contributed by atoms with Crippen molar-refractivity contribution in [1.82, 2.24) is 0 Å². The summed E-state index contributed by atoms with van der Waals surface area (Å²) >= 11 is 15.5. The van der Waals surface area contributed by atoms with Gasteiger partial charge in [-0.15, -0.1) is 0 Å². The molecule has 0 amide bonds. The van der Waals surface area contributed by atoms with E-state index < -0.39 is 0 Å². The Hall–Kier alpha value is -1.75. The SMILES string of the molecule is Fc1cccc(COc2ccc(CNc3ccc(Cl)c(Cl)c3)cc2Br)c1. The highest BCUT2D eigenvalue weighted by molar-refractivity contribution is 9.10. The third kappa shape index (κ3) is 5.13. The molecule has 0 aliphatic heterocycles. The molecule has 1 N–H and O–H groups in total. The fourth-order valence-corrected chi connectivity index (χ4v) is 3.21. The van der Waals surface area contributed by atoms with Gasteiger partial charge in [-0.1, -0.05) is 41.4 Å². The molecule has 0 atom stereocenters. The first kappa shape index (κ1) is 19.0. The molecule has 2 nitrogen and oxygen atoms in total. The largest absolute Gasteiger partial charge is 0.488 e. The lowest BCUT2D eigenvalue weighted by Gasteiger charge is -2.11. The molecule has 134 valence electrons. The Kier molecular flexibility index (Phi) is 6.41. The summed E-state index contributed by atoms with van der Waals surface area (Å²) < 4.78 is 19.8. The van der Waals surface area contributed by atoms with Crippen LogP contribution in [0.25, 0.3) is 0 Å². The maximum atomic E-state index is 13.2. The summed E-state index contributed by atoms with van der Waals surface area (Å²) in [5.74, 6) is 0.432. The van der Waals surface area contributed by atoms with Crippen molar-refractivity contribution in [1.29, 1.82) is 0 Å². The van der Waals surface area contributed by atoms with E-state index in [1.807, 2.05) is 30.3 Å². The average Bonchev–Trinajstić information content (AvgIpc) is 2.62. The van der Waals surface area contributed by atoms with Gasteiger partial charge in [-0.3, -0.25) is 0 Å². The minimum Gasteiger partial charge on any atom is -0.488 e. The van der Waals surface area contributed by atoms with Gasteiger partial charge < -0.3 is 10.1 Å². The van der Waals surface area contributed by atoms with Crippen LogP contribution in [0.15, 0.2) is 65.1 Å². The quantitative estimate of drug-likeness (QED) is 0.429. The normalized spacial score (nSPS) is 10.6. The van der Waals surface area contributed by atoms with Crippen LogP contribution in [-0.2, 0) is 13.2 Å². The van der Waals surface area contributed by atoms with E-state index in [-0.39, 0.29) is 5.82 Å². The Labute approximate surface area is 170 Å². The lowest BCUT2D eigenvalue weighted by molar-refractivity contribution is 0.303. The fraction of sp³-hybridized carbons (Fsp3) is 0.100. The van der Waals surface area contributed by atoms with Crippen LogP contribution in [0.1, 0.15) is 11.1 Å². The number of anilines is 1. The number of nitrogens with one attached hydrogen (secondary N) is 1. The topological polar surface area (TPSA) is 21.3 Å². The maximum absolute atomic E-state index is 13.2.